The quantitative estimate of drug-likeness (QED) is 0.846. The molecule has 3 rings (SSSR count). The zero-order chi connectivity index (χ0) is 13.1. The van der Waals surface area contributed by atoms with E-state index in [0.717, 1.165) is 31.4 Å². The molecule has 0 aliphatic carbocycles. The van der Waals surface area contributed by atoms with Gasteiger partial charge in [0.2, 0.25) is 0 Å². The zero-order valence-electron chi connectivity index (χ0n) is 10.9. The van der Waals surface area contributed by atoms with Gasteiger partial charge in [0.25, 0.3) is 0 Å². The summed E-state index contributed by atoms with van der Waals surface area (Å²) in [6.45, 7) is 2.23. The van der Waals surface area contributed by atoms with Crippen molar-refractivity contribution in [2.75, 3.05) is 19.8 Å². The molecule has 0 saturated carbocycles. The number of rotatable bonds is 3. The SMILES string of the molecule is O=C(O[C@@H]1CCOC1)c1ccccc1C1CCCN1. The van der Waals surface area contributed by atoms with Crippen LogP contribution in [0.5, 0.6) is 0 Å². The smallest absolute Gasteiger partial charge is 0.338 e. The van der Waals surface area contributed by atoms with Gasteiger partial charge in [-0.05, 0) is 31.0 Å². The van der Waals surface area contributed by atoms with Crippen LogP contribution in [-0.2, 0) is 9.47 Å². The second kappa shape index (κ2) is 5.72. The van der Waals surface area contributed by atoms with Gasteiger partial charge < -0.3 is 14.8 Å². The van der Waals surface area contributed by atoms with E-state index >= 15 is 0 Å². The molecule has 2 atom stereocenters. The highest BCUT2D eigenvalue weighted by molar-refractivity contribution is 5.91. The Hall–Kier alpha value is -1.39. The topological polar surface area (TPSA) is 47.6 Å². The molecule has 0 aromatic heterocycles. The summed E-state index contributed by atoms with van der Waals surface area (Å²) >= 11 is 0. The minimum atomic E-state index is -0.222. The lowest BCUT2D eigenvalue weighted by molar-refractivity contribution is 0.0269. The Bertz CT molecular complexity index is 448. The Kier molecular flexibility index (Phi) is 3.80. The highest BCUT2D eigenvalue weighted by Crippen LogP contribution is 2.27. The molecule has 0 amide bonds. The van der Waals surface area contributed by atoms with Gasteiger partial charge >= 0.3 is 5.97 Å². The first kappa shape index (κ1) is 12.6. The predicted molar refractivity (Wildman–Crippen MR) is 71.1 cm³/mol. The fourth-order valence-electron chi connectivity index (χ4n) is 2.76. The second-order valence-corrected chi connectivity index (χ2v) is 5.13. The maximum atomic E-state index is 12.3. The van der Waals surface area contributed by atoms with Crippen LogP contribution in [0.25, 0.3) is 0 Å². The molecular formula is C15H19NO3. The van der Waals surface area contributed by atoms with Crippen molar-refractivity contribution in [3.8, 4) is 0 Å². The van der Waals surface area contributed by atoms with Gasteiger partial charge in [-0.2, -0.15) is 0 Å². The first-order chi connectivity index (χ1) is 9.34. The summed E-state index contributed by atoms with van der Waals surface area (Å²) < 4.78 is 10.7. The zero-order valence-corrected chi connectivity index (χ0v) is 10.9. The normalized spacial score (nSPS) is 26.5. The van der Waals surface area contributed by atoms with Gasteiger partial charge in [-0.25, -0.2) is 4.79 Å². The van der Waals surface area contributed by atoms with E-state index in [9.17, 15) is 4.79 Å². The van der Waals surface area contributed by atoms with E-state index in [1.807, 2.05) is 24.3 Å². The number of ether oxygens (including phenoxy) is 2. The van der Waals surface area contributed by atoms with Crippen LogP contribution in [0.1, 0.15) is 41.2 Å². The van der Waals surface area contributed by atoms with E-state index in [4.69, 9.17) is 9.47 Å². The van der Waals surface area contributed by atoms with Crippen molar-refractivity contribution in [2.45, 2.75) is 31.4 Å². The molecule has 1 aromatic carbocycles. The van der Waals surface area contributed by atoms with Crippen molar-refractivity contribution in [1.29, 1.82) is 0 Å². The van der Waals surface area contributed by atoms with E-state index in [1.165, 1.54) is 0 Å². The van der Waals surface area contributed by atoms with Crippen molar-refractivity contribution < 1.29 is 14.3 Å². The maximum absolute atomic E-state index is 12.3. The molecule has 4 nitrogen and oxygen atoms in total. The molecule has 2 heterocycles. The third kappa shape index (κ3) is 2.80. The van der Waals surface area contributed by atoms with E-state index in [-0.39, 0.29) is 18.1 Å². The van der Waals surface area contributed by atoms with Gasteiger partial charge in [0.1, 0.15) is 6.10 Å². The number of nitrogens with one attached hydrogen (secondary N) is 1. The molecule has 0 radical (unpaired) electrons. The van der Waals surface area contributed by atoms with Crippen molar-refractivity contribution in [1.82, 2.24) is 5.32 Å². The third-order valence-electron chi connectivity index (χ3n) is 3.78. The largest absolute Gasteiger partial charge is 0.456 e. The highest BCUT2D eigenvalue weighted by Gasteiger charge is 2.25. The molecule has 19 heavy (non-hydrogen) atoms. The van der Waals surface area contributed by atoms with Gasteiger partial charge in [0, 0.05) is 12.5 Å². The van der Waals surface area contributed by atoms with Gasteiger partial charge in [-0.15, -0.1) is 0 Å². The molecule has 102 valence electrons. The molecule has 4 heteroatoms. The molecule has 2 aliphatic heterocycles. The Morgan fingerprint density at radius 2 is 2.21 bits per heavy atom. The fraction of sp³-hybridized carbons (Fsp3) is 0.533. The Labute approximate surface area is 113 Å². The summed E-state index contributed by atoms with van der Waals surface area (Å²) in [5, 5.41) is 3.43. The van der Waals surface area contributed by atoms with E-state index < -0.39 is 0 Å². The maximum Gasteiger partial charge on any atom is 0.338 e. The first-order valence-electron chi connectivity index (χ1n) is 6.95. The van der Waals surface area contributed by atoms with Crippen LogP contribution < -0.4 is 5.32 Å². The molecular weight excluding hydrogens is 242 g/mol. The Morgan fingerprint density at radius 1 is 1.32 bits per heavy atom. The van der Waals surface area contributed by atoms with Crippen LogP contribution in [0.15, 0.2) is 24.3 Å². The molecule has 2 saturated heterocycles. The summed E-state index contributed by atoms with van der Waals surface area (Å²) in [5.41, 5.74) is 1.75. The minimum absolute atomic E-state index is 0.0860. The van der Waals surface area contributed by atoms with Crippen LogP contribution in [-0.4, -0.2) is 31.8 Å². The van der Waals surface area contributed by atoms with Crippen molar-refractivity contribution in [3.05, 3.63) is 35.4 Å². The number of benzene rings is 1. The minimum Gasteiger partial charge on any atom is -0.456 e. The Balaban J connectivity index is 1.76. The van der Waals surface area contributed by atoms with Crippen LogP contribution in [0.4, 0.5) is 0 Å². The lowest BCUT2D eigenvalue weighted by Crippen LogP contribution is -2.21. The molecule has 1 unspecified atom stereocenters. The summed E-state index contributed by atoms with van der Waals surface area (Å²) in [5.74, 6) is -0.222. The van der Waals surface area contributed by atoms with E-state index in [1.54, 1.807) is 0 Å². The second-order valence-electron chi connectivity index (χ2n) is 5.13. The van der Waals surface area contributed by atoms with Crippen molar-refractivity contribution in [2.24, 2.45) is 0 Å². The van der Waals surface area contributed by atoms with Gasteiger partial charge in [-0.1, -0.05) is 18.2 Å². The number of hydrogen-bond acceptors (Lipinski definition) is 4. The van der Waals surface area contributed by atoms with Gasteiger partial charge in [0.05, 0.1) is 18.8 Å². The van der Waals surface area contributed by atoms with Crippen molar-refractivity contribution in [3.63, 3.8) is 0 Å². The van der Waals surface area contributed by atoms with Crippen molar-refractivity contribution >= 4 is 5.97 Å². The highest BCUT2D eigenvalue weighted by atomic mass is 16.6. The molecule has 2 aliphatic rings. The number of esters is 1. The standard InChI is InChI=1S/C15H19NO3/c17-15(19-11-7-9-18-10-11)13-5-2-1-4-12(13)14-6-3-8-16-14/h1-2,4-5,11,14,16H,3,6-10H2/t11-,14?/m1/s1. The van der Waals surface area contributed by atoms with E-state index in [0.29, 0.717) is 18.8 Å². The molecule has 1 aromatic rings. The molecule has 0 spiro atoms. The Morgan fingerprint density at radius 3 is 2.95 bits per heavy atom. The summed E-state index contributed by atoms with van der Waals surface area (Å²) in [7, 11) is 0. The molecule has 0 bridgehead atoms. The lowest BCUT2D eigenvalue weighted by Gasteiger charge is -2.16. The van der Waals surface area contributed by atoms with Crippen LogP contribution >= 0.6 is 0 Å². The predicted octanol–water partition coefficient (Wildman–Crippen LogP) is 2.06. The average Bonchev–Trinajstić information content (AvgIpc) is 3.11. The van der Waals surface area contributed by atoms with Gasteiger partial charge in [0.15, 0.2) is 0 Å². The lowest BCUT2D eigenvalue weighted by atomic mass is 9.99. The molecule has 2 fully saturated rings. The number of hydrogen-bond donors (Lipinski definition) is 1. The van der Waals surface area contributed by atoms with E-state index in [2.05, 4.69) is 5.32 Å². The summed E-state index contributed by atoms with van der Waals surface area (Å²) in [4.78, 5) is 12.3. The van der Waals surface area contributed by atoms with Crippen LogP contribution in [0.2, 0.25) is 0 Å². The number of carbonyl (C=O) groups excluding carboxylic acids is 1. The van der Waals surface area contributed by atoms with Crippen LogP contribution in [0.3, 0.4) is 0 Å². The third-order valence-corrected chi connectivity index (χ3v) is 3.78. The molecule has 1 N–H and O–H groups in total. The monoisotopic (exact) mass is 261 g/mol. The number of carbonyl (C=O) groups is 1. The van der Waals surface area contributed by atoms with Crippen LogP contribution in [0, 0.1) is 0 Å². The average molecular weight is 261 g/mol. The van der Waals surface area contributed by atoms with Gasteiger partial charge in [-0.3, -0.25) is 0 Å². The fourth-order valence-corrected chi connectivity index (χ4v) is 2.76. The summed E-state index contributed by atoms with van der Waals surface area (Å²) in [6.07, 6.45) is 2.95. The summed E-state index contributed by atoms with van der Waals surface area (Å²) in [6, 6.07) is 8.02. The first-order valence-corrected chi connectivity index (χ1v) is 6.95.